The van der Waals surface area contributed by atoms with Crippen LogP contribution in [0.2, 0.25) is 0 Å². The van der Waals surface area contributed by atoms with Crippen molar-refractivity contribution in [2.24, 2.45) is 5.41 Å². The van der Waals surface area contributed by atoms with E-state index in [1.165, 1.54) is 0 Å². The molecule has 0 saturated carbocycles. The van der Waals surface area contributed by atoms with Gasteiger partial charge in [-0.25, -0.2) is 0 Å². The number of halogens is 1. The Labute approximate surface area is 115 Å². The molecular formula is C12H24ClN3O2. The van der Waals surface area contributed by atoms with Gasteiger partial charge in [-0.1, -0.05) is 20.8 Å². The van der Waals surface area contributed by atoms with Gasteiger partial charge in [-0.05, 0) is 19.9 Å². The molecule has 0 radical (unpaired) electrons. The lowest BCUT2D eigenvalue weighted by atomic mass is 9.95. The molecule has 1 rings (SSSR count). The number of carbonyl (C=O) groups is 2. The Morgan fingerprint density at radius 2 is 1.94 bits per heavy atom. The molecule has 0 bridgehead atoms. The topological polar surface area (TPSA) is 70.2 Å². The zero-order chi connectivity index (χ0) is 13.1. The van der Waals surface area contributed by atoms with Crippen molar-refractivity contribution in [2.75, 3.05) is 13.1 Å². The SMILES string of the molecule is CC(NC(=O)C(C)(C)C)C(=O)NC1CCNC1.Cl. The lowest BCUT2D eigenvalue weighted by molar-refractivity contribution is -0.133. The molecule has 18 heavy (non-hydrogen) atoms. The van der Waals surface area contributed by atoms with E-state index in [1.807, 2.05) is 20.8 Å². The predicted molar refractivity (Wildman–Crippen MR) is 73.7 cm³/mol. The van der Waals surface area contributed by atoms with E-state index >= 15 is 0 Å². The van der Waals surface area contributed by atoms with Gasteiger partial charge in [-0.15, -0.1) is 12.4 Å². The van der Waals surface area contributed by atoms with Gasteiger partial charge in [-0.3, -0.25) is 9.59 Å². The average Bonchev–Trinajstić information content (AvgIpc) is 2.68. The highest BCUT2D eigenvalue weighted by molar-refractivity contribution is 5.89. The molecule has 5 nitrogen and oxygen atoms in total. The fourth-order valence-corrected chi connectivity index (χ4v) is 1.58. The van der Waals surface area contributed by atoms with Gasteiger partial charge in [0.05, 0.1) is 0 Å². The Balaban J connectivity index is 0.00000289. The minimum atomic E-state index is -0.484. The van der Waals surface area contributed by atoms with Crippen molar-refractivity contribution in [3.05, 3.63) is 0 Å². The highest BCUT2D eigenvalue weighted by atomic mass is 35.5. The van der Waals surface area contributed by atoms with Crippen LogP contribution in [0.15, 0.2) is 0 Å². The number of nitrogens with one attached hydrogen (secondary N) is 3. The van der Waals surface area contributed by atoms with Crippen molar-refractivity contribution < 1.29 is 9.59 Å². The van der Waals surface area contributed by atoms with Gasteiger partial charge in [0.2, 0.25) is 11.8 Å². The lowest BCUT2D eigenvalue weighted by Crippen LogP contribution is -2.50. The smallest absolute Gasteiger partial charge is 0.242 e. The van der Waals surface area contributed by atoms with Crippen molar-refractivity contribution in [1.82, 2.24) is 16.0 Å². The Bertz CT molecular complexity index is 296. The maximum Gasteiger partial charge on any atom is 0.242 e. The average molecular weight is 278 g/mol. The molecule has 1 saturated heterocycles. The van der Waals surface area contributed by atoms with Crippen LogP contribution in [0.3, 0.4) is 0 Å². The summed E-state index contributed by atoms with van der Waals surface area (Å²) in [5, 5.41) is 8.82. The molecule has 0 aromatic heterocycles. The zero-order valence-corrected chi connectivity index (χ0v) is 12.3. The molecule has 0 aromatic rings. The molecule has 0 aliphatic carbocycles. The van der Waals surface area contributed by atoms with Crippen LogP contribution in [-0.4, -0.2) is 37.0 Å². The van der Waals surface area contributed by atoms with Gasteiger partial charge < -0.3 is 16.0 Å². The number of hydrogen-bond donors (Lipinski definition) is 3. The van der Waals surface area contributed by atoms with Crippen molar-refractivity contribution in [3.8, 4) is 0 Å². The van der Waals surface area contributed by atoms with Crippen LogP contribution in [0.1, 0.15) is 34.1 Å². The van der Waals surface area contributed by atoms with E-state index in [2.05, 4.69) is 16.0 Å². The van der Waals surface area contributed by atoms with Gasteiger partial charge >= 0.3 is 0 Å². The first-order valence-corrected chi connectivity index (χ1v) is 6.13. The second-order valence-electron chi connectivity index (χ2n) is 5.64. The monoisotopic (exact) mass is 277 g/mol. The van der Waals surface area contributed by atoms with Crippen LogP contribution in [0.25, 0.3) is 0 Å². The molecule has 106 valence electrons. The lowest BCUT2D eigenvalue weighted by Gasteiger charge is -2.22. The second kappa shape index (κ2) is 6.95. The van der Waals surface area contributed by atoms with Crippen LogP contribution in [0, 0.1) is 5.41 Å². The van der Waals surface area contributed by atoms with E-state index in [1.54, 1.807) is 6.92 Å². The zero-order valence-electron chi connectivity index (χ0n) is 11.5. The Kier molecular flexibility index (Phi) is 6.63. The number of carbonyl (C=O) groups excluding carboxylic acids is 2. The molecule has 1 fully saturated rings. The van der Waals surface area contributed by atoms with Crippen molar-refractivity contribution in [1.29, 1.82) is 0 Å². The van der Waals surface area contributed by atoms with Crippen molar-refractivity contribution >= 4 is 24.2 Å². The minimum Gasteiger partial charge on any atom is -0.350 e. The Morgan fingerprint density at radius 3 is 2.39 bits per heavy atom. The fraction of sp³-hybridized carbons (Fsp3) is 0.833. The van der Waals surface area contributed by atoms with E-state index in [9.17, 15) is 9.59 Å². The Hall–Kier alpha value is -0.810. The largest absolute Gasteiger partial charge is 0.350 e. The molecular weight excluding hydrogens is 254 g/mol. The summed E-state index contributed by atoms with van der Waals surface area (Å²) in [6, 6.07) is -0.293. The first kappa shape index (κ1) is 17.2. The van der Waals surface area contributed by atoms with Gasteiger partial charge in [0.25, 0.3) is 0 Å². The molecule has 6 heteroatoms. The van der Waals surface area contributed by atoms with Crippen LogP contribution in [0.4, 0.5) is 0 Å². The van der Waals surface area contributed by atoms with Crippen LogP contribution < -0.4 is 16.0 Å². The molecule has 2 atom stereocenters. The van der Waals surface area contributed by atoms with E-state index in [0.717, 1.165) is 19.5 Å². The summed E-state index contributed by atoms with van der Waals surface area (Å²) in [4.78, 5) is 23.5. The third kappa shape index (κ3) is 5.23. The summed E-state index contributed by atoms with van der Waals surface area (Å²) < 4.78 is 0. The molecule has 1 aliphatic heterocycles. The van der Waals surface area contributed by atoms with Gasteiger partial charge in [0.15, 0.2) is 0 Å². The predicted octanol–water partition coefficient (Wildman–Crippen LogP) is 0.437. The molecule has 1 aliphatic rings. The highest BCUT2D eigenvalue weighted by Crippen LogP contribution is 2.12. The van der Waals surface area contributed by atoms with Crippen LogP contribution in [0.5, 0.6) is 0 Å². The summed E-state index contributed by atoms with van der Waals surface area (Å²) >= 11 is 0. The van der Waals surface area contributed by atoms with E-state index < -0.39 is 11.5 Å². The molecule has 2 unspecified atom stereocenters. The molecule has 2 amide bonds. The first-order chi connectivity index (χ1) is 7.80. The van der Waals surface area contributed by atoms with E-state index in [0.29, 0.717) is 0 Å². The minimum absolute atomic E-state index is 0. The van der Waals surface area contributed by atoms with Crippen molar-refractivity contribution in [3.63, 3.8) is 0 Å². The van der Waals surface area contributed by atoms with Gasteiger partial charge in [-0.2, -0.15) is 0 Å². The Morgan fingerprint density at radius 1 is 1.33 bits per heavy atom. The normalized spacial score (nSPS) is 20.8. The molecule has 1 heterocycles. The maximum atomic E-state index is 11.8. The summed E-state index contributed by atoms with van der Waals surface area (Å²) in [5.74, 6) is -0.221. The first-order valence-electron chi connectivity index (χ1n) is 6.13. The van der Waals surface area contributed by atoms with E-state index in [4.69, 9.17) is 0 Å². The third-order valence-corrected chi connectivity index (χ3v) is 2.83. The fourth-order valence-electron chi connectivity index (χ4n) is 1.58. The number of hydrogen-bond acceptors (Lipinski definition) is 3. The quantitative estimate of drug-likeness (QED) is 0.701. The van der Waals surface area contributed by atoms with Gasteiger partial charge in [0, 0.05) is 18.0 Å². The third-order valence-electron chi connectivity index (χ3n) is 2.83. The van der Waals surface area contributed by atoms with Crippen LogP contribution in [-0.2, 0) is 9.59 Å². The molecule has 0 aromatic carbocycles. The summed E-state index contributed by atoms with van der Waals surface area (Å²) in [5.41, 5.74) is -0.469. The second-order valence-corrected chi connectivity index (χ2v) is 5.64. The molecule has 3 N–H and O–H groups in total. The summed E-state index contributed by atoms with van der Waals surface area (Å²) in [6.45, 7) is 8.94. The standard InChI is InChI=1S/C12H23N3O2.ClH/c1-8(14-11(17)12(2,3)4)10(16)15-9-5-6-13-7-9;/h8-9,13H,5-7H2,1-4H3,(H,14,17)(H,15,16);1H. The number of rotatable bonds is 3. The number of amides is 2. The van der Waals surface area contributed by atoms with E-state index in [-0.39, 0.29) is 30.3 Å². The summed E-state index contributed by atoms with van der Waals surface area (Å²) in [6.07, 6.45) is 0.950. The molecule has 0 spiro atoms. The maximum absolute atomic E-state index is 11.8. The van der Waals surface area contributed by atoms with Gasteiger partial charge in [0.1, 0.15) is 6.04 Å². The summed E-state index contributed by atoms with van der Waals surface area (Å²) in [7, 11) is 0. The highest BCUT2D eigenvalue weighted by Gasteiger charge is 2.26. The van der Waals surface area contributed by atoms with Crippen LogP contribution >= 0.6 is 12.4 Å². The van der Waals surface area contributed by atoms with Crippen molar-refractivity contribution in [2.45, 2.75) is 46.2 Å².